The normalized spacial score (nSPS) is 13.1. The van der Waals surface area contributed by atoms with Crippen LogP contribution in [0.1, 0.15) is 48.0 Å². The quantitative estimate of drug-likeness (QED) is 0.321. The van der Waals surface area contributed by atoms with Gasteiger partial charge in [0.2, 0.25) is 0 Å². The Morgan fingerprint density at radius 1 is 1.10 bits per heavy atom. The molecule has 1 aliphatic rings. The van der Waals surface area contributed by atoms with E-state index in [9.17, 15) is 9.18 Å². The summed E-state index contributed by atoms with van der Waals surface area (Å²) >= 11 is 0. The molecule has 0 radical (unpaired) electrons. The van der Waals surface area contributed by atoms with Crippen LogP contribution in [-0.4, -0.2) is 37.8 Å². The Labute approximate surface area is 224 Å². The smallest absolute Gasteiger partial charge is 0.276 e. The molecule has 0 atom stereocenters. The molecule has 0 unspecified atom stereocenters. The lowest BCUT2D eigenvalue weighted by atomic mass is 9.86. The number of carbonyl (C=O) groups excluding carboxylic acids is 1. The third-order valence-corrected chi connectivity index (χ3v) is 6.88. The number of fused-ring (bicyclic) bond motifs is 2. The third kappa shape index (κ3) is 4.47. The molecule has 0 bridgehead atoms. The Kier molecular flexibility index (Phi) is 5.82. The van der Waals surface area contributed by atoms with Crippen molar-refractivity contribution in [1.29, 1.82) is 0 Å². The molecule has 9 nitrogen and oxygen atoms in total. The highest BCUT2D eigenvalue weighted by Crippen LogP contribution is 2.36. The average Bonchev–Trinajstić information content (AvgIpc) is 3.65. The Morgan fingerprint density at radius 3 is 2.67 bits per heavy atom. The standard InChI is InChI=1S/C29H28FN7O2/c1-29(2,3)25-26(28(38)33-21-6-5-7-22(11-21)39-4)35-37-23(19-13-31-32-14-19)12-24(34-27(25)37)36-15-17-8-9-20(30)10-18(17)16-36/h5-14H,15-16H2,1-4H3,(H,31,32)(H,33,38). The number of benzene rings is 2. The number of nitrogens with zero attached hydrogens (tertiary/aromatic N) is 5. The lowest BCUT2D eigenvalue weighted by Crippen LogP contribution is -2.21. The Morgan fingerprint density at radius 2 is 1.92 bits per heavy atom. The molecule has 4 heterocycles. The predicted octanol–water partition coefficient (Wildman–Crippen LogP) is 5.34. The summed E-state index contributed by atoms with van der Waals surface area (Å²) in [7, 11) is 1.58. The van der Waals surface area contributed by atoms with Gasteiger partial charge in [0, 0.05) is 48.2 Å². The van der Waals surface area contributed by atoms with Crippen LogP contribution in [0.15, 0.2) is 60.9 Å². The summed E-state index contributed by atoms with van der Waals surface area (Å²) < 4.78 is 20.9. The molecule has 198 valence electrons. The Hall–Kier alpha value is -4.73. The van der Waals surface area contributed by atoms with E-state index < -0.39 is 5.41 Å². The van der Waals surface area contributed by atoms with Crippen molar-refractivity contribution in [1.82, 2.24) is 24.8 Å². The summed E-state index contributed by atoms with van der Waals surface area (Å²) in [4.78, 5) is 20.8. The van der Waals surface area contributed by atoms with Gasteiger partial charge in [-0.05, 0) is 40.8 Å². The fourth-order valence-electron chi connectivity index (χ4n) is 5.03. The number of hydrogen-bond donors (Lipinski definition) is 2. The number of carbonyl (C=O) groups is 1. The van der Waals surface area contributed by atoms with Crippen molar-refractivity contribution < 1.29 is 13.9 Å². The highest BCUT2D eigenvalue weighted by Gasteiger charge is 2.32. The summed E-state index contributed by atoms with van der Waals surface area (Å²) in [6.45, 7) is 7.24. The minimum absolute atomic E-state index is 0.254. The van der Waals surface area contributed by atoms with Gasteiger partial charge in [0.1, 0.15) is 17.4 Å². The predicted molar refractivity (Wildman–Crippen MR) is 147 cm³/mol. The Bertz CT molecular complexity index is 1700. The maximum absolute atomic E-state index is 13.9. The van der Waals surface area contributed by atoms with Crippen LogP contribution in [0.5, 0.6) is 5.75 Å². The first-order chi connectivity index (χ1) is 18.7. The van der Waals surface area contributed by atoms with Gasteiger partial charge >= 0.3 is 0 Å². The third-order valence-electron chi connectivity index (χ3n) is 6.88. The summed E-state index contributed by atoms with van der Waals surface area (Å²) in [5, 5.41) is 14.7. The molecule has 5 aromatic rings. The van der Waals surface area contributed by atoms with Gasteiger partial charge in [0.25, 0.3) is 5.91 Å². The zero-order valence-electron chi connectivity index (χ0n) is 22.1. The number of aromatic nitrogens is 5. The van der Waals surface area contributed by atoms with Gasteiger partial charge in [-0.3, -0.25) is 9.89 Å². The fraction of sp³-hybridized carbons (Fsp3) is 0.241. The maximum Gasteiger partial charge on any atom is 0.276 e. The van der Waals surface area contributed by atoms with Crippen LogP contribution in [0.25, 0.3) is 16.9 Å². The van der Waals surface area contributed by atoms with Crippen molar-refractivity contribution in [3.8, 4) is 17.0 Å². The maximum atomic E-state index is 13.9. The van der Waals surface area contributed by atoms with E-state index >= 15 is 0 Å². The molecule has 0 saturated heterocycles. The van der Waals surface area contributed by atoms with E-state index in [0.717, 1.165) is 27.9 Å². The van der Waals surface area contributed by atoms with Crippen LogP contribution in [0.3, 0.4) is 0 Å². The topological polar surface area (TPSA) is 100 Å². The molecule has 1 amide bonds. The number of anilines is 2. The molecule has 0 saturated carbocycles. The highest BCUT2D eigenvalue weighted by atomic mass is 19.1. The molecule has 6 rings (SSSR count). The van der Waals surface area contributed by atoms with Gasteiger partial charge < -0.3 is 15.0 Å². The second-order valence-electron chi connectivity index (χ2n) is 10.7. The molecule has 3 aromatic heterocycles. The van der Waals surface area contributed by atoms with Gasteiger partial charge in [0.05, 0.1) is 19.0 Å². The van der Waals surface area contributed by atoms with Crippen molar-refractivity contribution in [3.63, 3.8) is 0 Å². The molecular formula is C29H28FN7O2. The molecule has 0 spiro atoms. The van der Waals surface area contributed by atoms with Crippen LogP contribution in [-0.2, 0) is 18.5 Å². The number of ether oxygens (including phenoxy) is 1. The lowest BCUT2D eigenvalue weighted by molar-refractivity contribution is 0.102. The number of rotatable bonds is 5. The first kappa shape index (κ1) is 24.6. The van der Waals surface area contributed by atoms with Crippen LogP contribution in [0, 0.1) is 5.82 Å². The lowest BCUT2D eigenvalue weighted by Gasteiger charge is -2.21. The summed E-state index contributed by atoms with van der Waals surface area (Å²) in [5.74, 6) is 0.748. The van der Waals surface area contributed by atoms with Gasteiger partial charge in [-0.1, -0.05) is 32.9 Å². The minimum Gasteiger partial charge on any atom is -0.497 e. The number of H-pyrrole nitrogens is 1. The Balaban J connectivity index is 1.50. The molecule has 39 heavy (non-hydrogen) atoms. The van der Waals surface area contributed by atoms with Gasteiger partial charge in [0.15, 0.2) is 11.3 Å². The van der Waals surface area contributed by atoms with Crippen molar-refractivity contribution in [2.75, 3.05) is 17.3 Å². The van der Waals surface area contributed by atoms with Crippen LogP contribution in [0.4, 0.5) is 15.9 Å². The number of halogens is 1. The zero-order chi connectivity index (χ0) is 27.3. The van der Waals surface area contributed by atoms with Gasteiger partial charge in [-0.25, -0.2) is 13.9 Å². The molecule has 10 heteroatoms. The van der Waals surface area contributed by atoms with Crippen molar-refractivity contribution >= 4 is 23.1 Å². The van der Waals surface area contributed by atoms with E-state index in [1.807, 2.05) is 45.0 Å². The van der Waals surface area contributed by atoms with E-state index in [2.05, 4.69) is 20.4 Å². The molecule has 0 aliphatic carbocycles. The van der Waals surface area contributed by atoms with Crippen LogP contribution >= 0.6 is 0 Å². The van der Waals surface area contributed by atoms with E-state index in [1.54, 1.807) is 42.2 Å². The second-order valence-corrected chi connectivity index (χ2v) is 10.7. The first-order valence-corrected chi connectivity index (χ1v) is 12.6. The largest absolute Gasteiger partial charge is 0.497 e. The molecule has 1 aliphatic heterocycles. The summed E-state index contributed by atoms with van der Waals surface area (Å²) in [5.41, 5.74) is 5.25. The van der Waals surface area contributed by atoms with Crippen molar-refractivity contribution in [3.05, 3.63) is 89.1 Å². The SMILES string of the molecule is COc1cccc(NC(=O)c2nn3c(-c4cn[nH]c4)cc(N4Cc5ccc(F)cc5C4)nc3c2C(C)(C)C)c1. The minimum atomic E-state index is -0.459. The van der Waals surface area contributed by atoms with Gasteiger partial charge in [-0.15, -0.1) is 0 Å². The van der Waals surface area contributed by atoms with Gasteiger partial charge in [-0.2, -0.15) is 10.2 Å². The molecule has 2 aromatic carbocycles. The van der Waals surface area contributed by atoms with Crippen molar-refractivity contribution in [2.45, 2.75) is 39.3 Å². The van der Waals surface area contributed by atoms with Crippen LogP contribution < -0.4 is 15.0 Å². The number of nitrogens with one attached hydrogen (secondary N) is 2. The number of aromatic amines is 1. The number of hydrogen-bond acceptors (Lipinski definition) is 6. The monoisotopic (exact) mass is 525 g/mol. The number of methoxy groups -OCH3 is 1. The van der Waals surface area contributed by atoms with Crippen molar-refractivity contribution in [2.24, 2.45) is 0 Å². The van der Waals surface area contributed by atoms with E-state index in [-0.39, 0.29) is 17.4 Å². The van der Waals surface area contributed by atoms with E-state index in [4.69, 9.17) is 14.8 Å². The van der Waals surface area contributed by atoms with E-state index in [0.29, 0.717) is 36.0 Å². The first-order valence-electron chi connectivity index (χ1n) is 12.6. The van der Waals surface area contributed by atoms with E-state index in [1.165, 1.54) is 6.07 Å². The highest BCUT2D eigenvalue weighted by molar-refractivity contribution is 6.05. The summed E-state index contributed by atoms with van der Waals surface area (Å²) in [6, 6.07) is 14.0. The summed E-state index contributed by atoms with van der Waals surface area (Å²) in [6.07, 6.45) is 3.49. The second kappa shape index (κ2) is 9.23. The number of amides is 1. The van der Waals surface area contributed by atoms with Crippen LogP contribution in [0.2, 0.25) is 0 Å². The average molecular weight is 526 g/mol. The molecule has 2 N–H and O–H groups in total. The molecule has 0 fully saturated rings. The zero-order valence-corrected chi connectivity index (χ0v) is 22.1. The molecular weight excluding hydrogens is 497 g/mol. The fourth-order valence-corrected chi connectivity index (χ4v) is 5.03.